The van der Waals surface area contributed by atoms with E-state index in [1.54, 1.807) is 0 Å². The number of ether oxygens (including phenoxy) is 5. The Labute approximate surface area is 238 Å². The van der Waals surface area contributed by atoms with Crippen molar-refractivity contribution in [1.29, 1.82) is 0 Å². The number of aliphatic hydroxyl groups is 7. The third kappa shape index (κ3) is 11.7. The van der Waals surface area contributed by atoms with E-state index in [0.29, 0.717) is 6.61 Å². The molecule has 40 heavy (non-hydrogen) atoms. The van der Waals surface area contributed by atoms with Crippen LogP contribution >= 0.6 is 0 Å². The van der Waals surface area contributed by atoms with Gasteiger partial charge in [-0.3, -0.25) is 0 Å². The maximum atomic E-state index is 10.6. The van der Waals surface area contributed by atoms with Crippen LogP contribution in [0.4, 0.5) is 0 Å². The fourth-order valence-corrected chi connectivity index (χ4v) is 5.06. The number of hydrogen-bond acceptors (Lipinski definition) is 12. The Morgan fingerprint density at radius 2 is 1.05 bits per heavy atom. The van der Waals surface area contributed by atoms with Gasteiger partial charge in [-0.1, -0.05) is 77.6 Å². The Morgan fingerprint density at radius 1 is 0.525 bits per heavy atom. The lowest BCUT2D eigenvalue weighted by atomic mass is 9.97. The van der Waals surface area contributed by atoms with Crippen LogP contribution in [-0.2, 0) is 23.7 Å². The van der Waals surface area contributed by atoms with Crippen molar-refractivity contribution in [2.45, 2.75) is 145 Å². The molecule has 0 spiro atoms. The standard InChI is InChI=1S/C28H54O12/c1-2-3-4-5-6-7-8-9-10-11-12-13-14-36-15-16-37-27-25(35)23(33)26(20(18-30)39-27)40-28-24(34)22(32)21(31)19(17-29)38-28/h19-35H,2-18H2,1H3/t19-,20-,21+,22+,23-,24-,25-,26-,27+,28+/m1/s1. The maximum Gasteiger partial charge on any atom is 0.187 e. The second-order valence-electron chi connectivity index (χ2n) is 10.9. The van der Waals surface area contributed by atoms with E-state index in [1.165, 1.54) is 64.2 Å². The zero-order valence-electron chi connectivity index (χ0n) is 24.0. The third-order valence-corrected chi connectivity index (χ3v) is 7.61. The molecule has 238 valence electrons. The highest BCUT2D eigenvalue weighted by atomic mass is 16.7. The summed E-state index contributed by atoms with van der Waals surface area (Å²) >= 11 is 0. The van der Waals surface area contributed by atoms with Crippen LogP contribution in [0.1, 0.15) is 84.0 Å². The van der Waals surface area contributed by atoms with E-state index in [4.69, 9.17) is 23.7 Å². The minimum absolute atomic E-state index is 0.100. The van der Waals surface area contributed by atoms with Gasteiger partial charge in [0.1, 0.15) is 48.8 Å². The molecule has 0 saturated carbocycles. The molecule has 12 heteroatoms. The molecule has 0 amide bonds. The van der Waals surface area contributed by atoms with Gasteiger partial charge < -0.3 is 59.4 Å². The molecule has 2 fully saturated rings. The van der Waals surface area contributed by atoms with E-state index in [9.17, 15) is 35.7 Å². The van der Waals surface area contributed by atoms with Crippen molar-refractivity contribution in [1.82, 2.24) is 0 Å². The van der Waals surface area contributed by atoms with Crippen molar-refractivity contribution in [3.63, 3.8) is 0 Å². The van der Waals surface area contributed by atoms with Crippen LogP contribution in [0.15, 0.2) is 0 Å². The SMILES string of the molecule is CCCCCCCCCCCCCCOCCO[C@H]1O[C@H](CO)[C@@H](O[C@@H]2O[C@H](CO)[C@H](O)[C@H](O)[C@H]2O)[C@H](O)[C@H]1O. The van der Waals surface area contributed by atoms with Gasteiger partial charge in [0.25, 0.3) is 0 Å². The Kier molecular flexibility index (Phi) is 18.2. The summed E-state index contributed by atoms with van der Waals surface area (Å²) in [5.74, 6) is 0. The lowest BCUT2D eigenvalue weighted by Crippen LogP contribution is -2.64. The van der Waals surface area contributed by atoms with Gasteiger partial charge in [-0.25, -0.2) is 0 Å². The summed E-state index contributed by atoms with van der Waals surface area (Å²) < 4.78 is 27.5. The summed E-state index contributed by atoms with van der Waals surface area (Å²) in [6.45, 7) is 1.95. The number of rotatable bonds is 21. The highest BCUT2D eigenvalue weighted by Gasteiger charge is 2.50. The smallest absolute Gasteiger partial charge is 0.187 e. The fourth-order valence-electron chi connectivity index (χ4n) is 5.06. The van der Waals surface area contributed by atoms with Crippen LogP contribution in [0.2, 0.25) is 0 Å². The first kappa shape index (κ1) is 35.7. The molecule has 2 aliphatic rings. The van der Waals surface area contributed by atoms with Gasteiger partial charge in [-0.2, -0.15) is 0 Å². The molecule has 2 saturated heterocycles. The van der Waals surface area contributed by atoms with E-state index in [2.05, 4.69) is 6.92 Å². The first-order chi connectivity index (χ1) is 19.3. The molecule has 12 nitrogen and oxygen atoms in total. The Hall–Kier alpha value is -0.480. The molecule has 0 aromatic heterocycles. The molecule has 2 heterocycles. The molecule has 7 N–H and O–H groups in total. The first-order valence-corrected chi connectivity index (χ1v) is 15.1. The van der Waals surface area contributed by atoms with Crippen LogP contribution in [0.3, 0.4) is 0 Å². The average Bonchev–Trinajstić information content (AvgIpc) is 2.96. The zero-order chi connectivity index (χ0) is 29.3. The summed E-state index contributed by atoms with van der Waals surface area (Å²) in [4.78, 5) is 0. The van der Waals surface area contributed by atoms with Gasteiger partial charge in [-0.05, 0) is 6.42 Å². The molecule has 0 unspecified atom stereocenters. The van der Waals surface area contributed by atoms with Gasteiger partial charge >= 0.3 is 0 Å². The molecule has 0 aromatic carbocycles. The molecule has 0 bridgehead atoms. The summed E-state index contributed by atoms with van der Waals surface area (Å²) in [5.41, 5.74) is 0. The van der Waals surface area contributed by atoms with E-state index >= 15 is 0 Å². The predicted molar refractivity (Wildman–Crippen MR) is 144 cm³/mol. The van der Waals surface area contributed by atoms with Crippen molar-refractivity contribution in [3.8, 4) is 0 Å². The normalized spacial score (nSPS) is 34.8. The fraction of sp³-hybridized carbons (Fsp3) is 1.00. The molecule has 10 atom stereocenters. The maximum absolute atomic E-state index is 10.6. The van der Waals surface area contributed by atoms with Crippen LogP contribution in [0, 0.1) is 0 Å². The second kappa shape index (κ2) is 20.4. The Morgan fingerprint density at radius 3 is 1.62 bits per heavy atom. The van der Waals surface area contributed by atoms with Crippen molar-refractivity contribution >= 4 is 0 Å². The number of unbranched alkanes of at least 4 members (excludes halogenated alkanes) is 11. The average molecular weight is 583 g/mol. The topological polar surface area (TPSA) is 188 Å². The molecule has 2 rings (SSSR count). The summed E-state index contributed by atoms with van der Waals surface area (Å²) in [5, 5.41) is 70.3. The number of hydrogen-bond donors (Lipinski definition) is 7. The second-order valence-corrected chi connectivity index (χ2v) is 10.9. The van der Waals surface area contributed by atoms with Crippen molar-refractivity contribution in [3.05, 3.63) is 0 Å². The molecule has 2 aliphatic heterocycles. The summed E-state index contributed by atoms with van der Waals surface area (Å²) in [6, 6.07) is 0. The minimum atomic E-state index is -1.71. The lowest BCUT2D eigenvalue weighted by molar-refractivity contribution is -0.359. The van der Waals surface area contributed by atoms with E-state index in [1.807, 2.05) is 0 Å². The first-order valence-electron chi connectivity index (χ1n) is 15.1. The Bertz CT molecular complexity index is 624. The third-order valence-electron chi connectivity index (χ3n) is 7.61. The van der Waals surface area contributed by atoms with Crippen LogP contribution in [0.5, 0.6) is 0 Å². The molecular weight excluding hydrogens is 528 g/mol. The van der Waals surface area contributed by atoms with Crippen molar-refractivity contribution in [2.75, 3.05) is 33.0 Å². The molecule has 0 radical (unpaired) electrons. The predicted octanol–water partition coefficient (Wildman–Crippen LogP) is 0.345. The zero-order valence-corrected chi connectivity index (χ0v) is 24.0. The molecule has 0 aromatic rings. The van der Waals surface area contributed by atoms with Gasteiger partial charge in [0.05, 0.1) is 26.4 Å². The minimum Gasteiger partial charge on any atom is -0.394 e. The van der Waals surface area contributed by atoms with Crippen molar-refractivity contribution < 1.29 is 59.4 Å². The van der Waals surface area contributed by atoms with Crippen LogP contribution in [0.25, 0.3) is 0 Å². The van der Waals surface area contributed by atoms with Gasteiger partial charge in [0, 0.05) is 6.61 Å². The van der Waals surface area contributed by atoms with Gasteiger partial charge in [0.15, 0.2) is 12.6 Å². The number of aliphatic hydroxyl groups excluding tert-OH is 7. The highest BCUT2D eigenvalue weighted by molar-refractivity contribution is 4.94. The summed E-state index contributed by atoms with van der Waals surface area (Å²) in [6.07, 6.45) is 0.562. The Balaban J connectivity index is 1.59. The van der Waals surface area contributed by atoms with Gasteiger partial charge in [-0.15, -0.1) is 0 Å². The quantitative estimate of drug-likeness (QED) is 0.0922. The molecule has 0 aliphatic carbocycles. The van der Waals surface area contributed by atoms with Gasteiger partial charge in [0.2, 0.25) is 0 Å². The lowest BCUT2D eigenvalue weighted by Gasteiger charge is -2.45. The van der Waals surface area contributed by atoms with E-state index in [0.717, 1.165) is 12.8 Å². The summed E-state index contributed by atoms with van der Waals surface area (Å²) in [7, 11) is 0. The van der Waals surface area contributed by atoms with E-state index < -0.39 is 74.6 Å². The van der Waals surface area contributed by atoms with Crippen LogP contribution in [-0.4, -0.2) is 130 Å². The monoisotopic (exact) mass is 582 g/mol. The van der Waals surface area contributed by atoms with Crippen LogP contribution < -0.4 is 0 Å². The van der Waals surface area contributed by atoms with Crippen molar-refractivity contribution in [2.24, 2.45) is 0 Å². The largest absolute Gasteiger partial charge is 0.394 e. The highest BCUT2D eigenvalue weighted by Crippen LogP contribution is 2.29. The molecular formula is C28H54O12. The van der Waals surface area contributed by atoms with E-state index in [-0.39, 0.29) is 13.2 Å².